The normalized spacial score (nSPS) is 28.1. The van der Waals surface area contributed by atoms with Crippen molar-refractivity contribution in [3.05, 3.63) is 63.1 Å². The number of hydrogen-bond acceptors (Lipinski definition) is 2. The minimum atomic E-state index is 0.382. The molecule has 0 radical (unpaired) electrons. The number of hydrogen-bond donors (Lipinski definition) is 1. The first-order valence-electron chi connectivity index (χ1n) is 8.70. The summed E-state index contributed by atoms with van der Waals surface area (Å²) in [5.74, 6) is 1.47. The van der Waals surface area contributed by atoms with Crippen LogP contribution in [0.5, 0.6) is 5.75 Å². The van der Waals surface area contributed by atoms with E-state index in [1.54, 1.807) is 6.07 Å². The summed E-state index contributed by atoms with van der Waals surface area (Å²) in [5.41, 5.74) is 1.30. The lowest BCUT2D eigenvalue weighted by molar-refractivity contribution is 0.159. The van der Waals surface area contributed by atoms with Crippen molar-refractivity contribution >= 4 is 34.8 Å². The van der Waals surface area contributed by atoms with Crippen molar-refractivity contribution in [1.29, 1.82) is 0 Å². The highest BCUT2D eigenvalue weighted by molar-refractivity contribution is 6.42. The lowest BCUT2D eigenvalue weighted by Gasteiger charge is -2.38. The van der Waals surface area contributed by atoms with Crippen LogP contribution >= 0.6 is 34.8 Å². The van der Waals surface area contributed by atoms with Gasteiger partial charge in [-0.25, -0.2) is 0 Å². The van der Waals surface area contributed by atoms with Crippen molar-refractivity contribution in [1.82, 2.24) is 5.32 Å². The van der Waals surface area contributed by atoms with Gasteiger partial charge in [0, 0.05) is 23.0 Å². The van der Waals surface area contributed by atoms with Crippen LogP contribution in [-0.2, 0) is 0 Å². The SMILES string of the molecule is Clc1cccc([C@@H]2CC3CCC(N3)[C@H]2COc2cccc(Cl)c2Cl)c1. The molecule has 1 N–H and O–H groups in total. The maximum absolute atomic E-state index is 6.27. The first kappa shape index (κ1) is 17.5. The summed E-state index contributed by atoms with van der Waals surface area (Å²) < 4.78 is 6.10. The molecular formula is C20H20Cl3NO. The standard InChI is InChI=1S/C20H20Cl3NO/c21-13-4-1-3-12(9-13)15-10-14-7-8-18(24-14)16(15)11-25-19-6-2-5-17(22)20(19)23/h1-6,9,14-16,18,24H,7-8,10-11H2/t14?,15-,16-,18?/m0/s1. The van der Waals surface area contributed by atoms with E-state index >= 15 is 0 Å². The Morgan fingerprint density at radius 2 is 1.88 bits per heavy atom. The Bertz CT molecular complexity index is 766. The molecule has 0 amide bonds. The van der Waals surface area contributed by atoms with Gasteiger partial charge in [-0.15, -0.1) is 0 Å². The Morgan fingerprint density at radius 1 is 1.04 bits per heavy atom. The number of fused-ring (bicyclic) bond motifs is 2. The van der Waals surface area contributed by atoms with Crippen molar-refractivity contribution < 1.29 is 4.74 Å². The van der Waals surface area contributed by atoms with E-state index in [1.165, 1.54) is 18.4 Å². The maximum atomic E-state index is 6.27. The maximum Gasteiger partial charge on any atom is 0.139 e. The molecule has 4 atom stereocenters. The zero-order chi connectivity index (χ0) is 17.4. The van der Waals surface area contributed by atoms with Gasteiger partial charge < -0.3 is 10.1 Å². The van der Waals surface area contributed by atoms with Gasteiger partial charge in [0.15, 0.2) is 0 Å². The van der Waals surface area contributed by atoms with Crippen molar-refractivity contribution in [3.63, 3.8) is 0 Å². The lowest BCUT2D eigenvalue weighted by Crippen LogP contribution is -2.46. The molecule has 0 aromatic heterocycles. The fourth-order valence-electron chi connectivity index (χ4n) is 4.27. The molecule has 2 aromatic rings. The summed E-state index contributed by atoms with van der Waals surface area (Å²) in [6, 6.07) is 14.8. The number of rotatable bonds is 4. The summed E-state index contributed by atoms with van der Waals surface area (Å²) in [5, 5.41) is 5.54. The largest absolute Gasteiger partial charge is 0.492 e. The quantitative estimate of drug-likeness (QED) is 0.689. The fraction of sp³-hybridized carbons (Fsp3) is 0.400. The molecular weight excluding hydrogens is 377 g/mol. The van der Waals surface area contributed by atoms with Gasteiger partial charge in [-0.05, 0) is 55.0 Å². The highest BCUT2D eigenvalue weighted by Crippen LogP contribution is 2.43. The lowest BCUT2D eigenvalue weighted by atomic mass is 9.77. The van der Waals surface area contributed by atoms with Crippen LogP contribution in [-0.4, -0.2) is 18.7 Å². The van der Waals surface area contributed by atoms with Crippen molar-refractivity contribution in [2.75, 3.05) is 6.61 Å². The molecule has 4 rings (SSSR count). The van der Waals surface area contributed by atoms with Crippen molar-refractivity contribution in [3.8, 4) is 5.75 Å². The zero-order valence-electron chi connectivity index (χ0n) is 13.7. The smallest absolute Gasteiger partial charge is 0.139 e. The number of piperidine rings is 1. The van der Waals surface area contributed by atoms with Crippen LogP contribution in [0.25, 0.3) is 0 Å². The van der Waals surface area contributed by atoms with Crippen LogP contribution in [0.3, 0.4) is 0 Å². The second-order valence-corrected chi connectivity index (χ2v) is 8.19. The summed E-state index contributed by atoms with van der Waals surface area (Å²) in [4.78, 5) is 0. The van der Waals surface area contributed by atoms with Gasteiger partial charge in [0.2, 0.25) is 0 Å². The third-order valence-electron chi connectivity index (χ3n) is 5.47. The van der Waals surface area contributed by atoms with E-state index in [0.717, 1.165) is 11.4 Å². The molecule has 0 spiro atoms. The molecule has 2 saturated heterocycles. The predicted molar refractivity (Wildman–Crippen MR) is 104 cm³/mol. The third kappa shape index (κ3) is 3.64. The van der Waals surface area contributed by atoms with E-state index in [2.05, 4.69) is 17.4 Å². The monoisotopic (exact) mass is 395 g/mol. The Morgan fingerprint density at radius 3 is 2.72 bits per heavy atom. The molecule has 5 heteroatoms. The van der Waals surface area contributed by atoms with Crippen LogP contribution < -0.4 is 10.1 Å². The van der Waals surface area contributed by atoms with E-state index in [-0.39, 0.29) is 0 Å². The van der Waals surface area contributed by atoms with Crippen LogP contribution in [0.2, 0.25) is 15.1 Å². The van der Waals surface area contributed by atoms with Crippen LogP contribution in [0, 0.1) is 5.92 Å². The molecule has 2 aliphatic heterocycles. The molecule has 0 aliphatic carbocycles. The second kappa shape index (κ2) is 7.36. The highest BCUT2D eigenvalue weighted by Gasteiger charge is 2.42. The minimum Gasteiger partial charge on any atom is -0.492 e. The Labute approximate surface area is 163 Å². The second-order valence-electron chi connectivity index (χ2n) is 6.97. The Hall–Kier alpha value is -0.930. The number of halogens is 3. The first-order chi connectivity index (χ1) is 12.1. The average Bonchev–Trinajstić information content (AvgIpc) is 2.99. The molecule has 2 unspecified atom stereocenters. The van der Waals surface area contributed by atoms with Crippen molar-refractivity contribution in [2.24, 2.45) is 5.92 Å². The number of nitrogens with one attached hydrogen (secondary N) is 1. The van der Waals surface area contributed by atoms with E-state index in [1.807, 2.05) is 24.3 Å². The molecule has 2 aromatic carbocycles. The predicted octanol–water partition coefficient (Wildman–Crippen LogP) is 5.95. The van der Waals surface area contributed by atoms with Crippen molar-refractivity contribution in [2.45, 2.75) is 37.3 Å². The van der Waals surface area contributed by atoms with Gasteiger partial charge in [0.05, 0.1) is 11.6 Å². The third-order valence-corrected chi connectivity index (χ3v) is 6.51. The van der Waals surface area contributed by atoms with E-state index < -0.39 is 0 Å². The Kier molecular flexibility index (Phi) is 5.15. The Balaban J connectivity index is 1.57. The van der Waals surface area contributed by atoms with Gasteiger partial charge in [0.1, 0.15) is 10.8 Å². The van der Waals surface area contributed by atoms with Gasteiger partial charge in [-0.1, -0.05) is 53.0 Å². The molecule has 0 saturated carbocycles. The molecule has 2 bridgehead atoms. The van der Waals surface area contributed by atoms with Gasteiger partial charge in [-0.2, -0.15) is 0 Å². The van der Waals surface area contributed by atoms with Crippen LogP contribution in [0.4, 0.5) is 0 Å². The topological polar surface area (TPSA) is 21.3 Å². The number of benzene rings is 2. The summed E-state index contributed by atoms with van der Waals surface area (Å²) in [6.07, 6.45) is 3.54. The summed E-state index contributed by atoms with van der Waals surface area (Å²) in [7, 11) is 0. The molecule has 2 aliphatic rings. The molecule has 2 fully saturated rings. The molecule has 25 heavy (non-hydrogen) atoms. The highest BCUT2D eigenvalue weighted by atomic mass is 35.5. The molecule has 2 heterocycles. The van der Waals surface area contributed by atoms with E-state index in [0.29, 0.717) is 46.3 Å². The molecule has 132 valence electrons. The zero-order valence-corrected chi connectivity index (χ0v) is 16.0. The first-order valence-corrected chi connectivity index (χ1v) is 9.83. The average molecular weight is 397 g/mol. The molecule has 2 nitrogen and oxygen atoms in total. The fourth-order valence-corrected chi connectivity index (χ4v) is 4.81. The van der Waals surface area contributed by atoms with Gasteiger partial charge in [0.25, 0.3) is 0 Å². The minimum absolute atomic E-state index is 0.382. The van der Waals surface area contributed by atoms with Crippen LogP contribution in [0.1, 0.15) is 30.7 Å². The summed E-state index contributed by atoms with van der Waals surface area (Å²) in [6.45, 7) is 0.613. The van der Waals surface area contributed by atoms with E-state index in [4.69, 9.17) is 39.5 Å². The van der Waals surface area contributed by atoms with Crippen LogP contribution in [0.15, 0.2) is 42.5 Å². The number of ether oxygens (including phenoxy) is 1. The van der Waals surface area contributed by atoms with E-state index in [9.17, 15) is 0 Å². The van der Waals surface area contributed by atoms with Gasteiger partial charge >= 0.3 is 0 Å². The van der Waals surface area contributed by atoms with Gasteiger partial charge in [-0.3, -0.25) is 0 Å². The summed E-state index contributed by atoms with van der Waals surface area (Å²) >= 11 is 18.6.